The van der Waals surface area contributed by atoms with Crippen molar-refractivity contribution in [3.8, 4) is 11.5 Å². The molecular formula is C32H38F3N5O6. The third-order valence-electron chi connectivity index (χ3n) is 8.28. The summed E-state index contributed by atoms with van der Waals surface area (Å²) in [6.07, 6.45) is -2.05. The summed E-state index contributed by atoms with van der Waals surface area (Å²) >= 11 is 0. The fourth-order valence-corrected chi connectivity index (χ4v) is 5.92. The van der Waals surface area contributed by atoms with Crippen molar-refractivity contribution in [2.75, 3.05) is 39.3 Å². The number of ether oxygens (including phenoxy) is 2. The molecule has 14 heteroatoms. The molecule has 5 rings (SSSR count). The summed E-state index contributed by atoms with van der Waals surface area (Å²) in [6.45, 7) is 0.854. The lowest BCUT2D eigenvalue weighted by Crippen LogP contribution is -2.58. The number of likely N-dealkylation sites (tertiary alicyclic amines) is 1. The monoisotopic (exact) mass is 645 g/mol. The van der Waals surface area contributed by atoms with Crippen LogP contribution in [0.5, 0.6) is 11.5 Å². The van der Waals surface area contributed by atoms with E-state index in [1.807, 2.05) is 5.32 Å². The summed E-state index contributed by atoms with van der Waals surface area (Å²) in [4.78, 5) is 56.9. The minimum absolute atomic E-state index is 0.0983. The van der Waals surface area contributed by atoms with E-state index in [1.54, 1.807) is 48.5 Å². The second-order valence-electron chi connectivity index (χ2n) is 11.8. The Morgan fingerprint density at radius 2 is 1.57 bits per heavy atom. The number of carbonyl (C=O) groups excluding carboxylic acids is 4. The molecule has 2 aromatic carbocycles. The summed E-state index contributed by atoms with van der Waals surface area (Å²) in [5.41, 5.74) is 1.24. The third-order valence-corrected chi connectivity index (χ3v) is 8.28. The molecule has 46 heavy (non-hydrogen) atoms. The van der Waals surface area contributed by atoms with Crippen LogP contribution in [0.3, 0.4) is 0 Å². The molecule has 2 aromatic rings. The maximum Gasteiger partial charge on any atom is 0.410 e. The second kappa shape index (κ2) is 14.8. The van der Waals surface area contributed by atoms with Gasteiger partial charge in [-0.3, -0.25) is 19.3 Å². The third kappa shape index (κ3) is 9.12. The molecular weight excluding hydrogens is 607 g/mol. The van der Waals surface area contributed by atoms with Gasteiger partial charge in [-0.1, -0.05) is 30.7 Å². The van der Waals surface area contributed by atoms with E-state index in [0.717, 1.165) is 32.4 Å². The number of benzene rings is 2. The second-order valence-corrected chi connectivity index (χ2v) is 11.8. The fraction of sp³-hybridized carbons (Fsp3) is 0.500. The lowest BCUT2D eigenvalue weighted by atomic mass is 10.0. The van der Waals surface area contributed by atoms with Crippen molar-refractivity contribution >= 4 is 23.8 Å². The Morgan fingerprint density at radius 3 is 2.20 bits per heavy atom. The lowest BCUT2D eigenvalue weighted by molar-refractivity contribution is -0.141. The van der Waals surface area contributed by atoms with Gasteiger partial charge in [0.25, 0.3) is 0 Å². The van der Waals surface area contributed by atoms with Crippen molar-refractivity contribution in [1.29, 1.82) is 0 Å². The normalized spacial score (nSPS) is 23.2. The van der Waals surface area contributed by atoms with E-state index >= 15 is 0 Å². The zero-order chi connectivity index (χ0) is 32.7. The maximum atomic E-state index is 13.9. The van der Waals surface area contributed by atoms with Crippen molar-refractivity contribution in [3.05, 3.63) is 59.7 Å². The molecule has 0 aromatic heterocycles. The van der Waals surface area contributed by atoms with Gasteiger partial charge < -0.3 is 30.3 Å². The number of hydrogen-bond donors (Lipinski definition) is 3. The Hall–Kier alpha value is -4.33. The number of halogens is 3. The Bertz CT molecular complexity index is 1420. The van der Waals surface area contributed by atoms with Gasteiger partial charge in [0.2, 0.25) is 17.7 Å². The minimum Gasteiger partial charge on any atom is -0.457 e. The van der Waals surface area contributed by atoms with E-state index in [2.05, 4.69) is 15.5 Å². The quantitative estimate of drug-likeness (QED) is 0.441. The Labute approximate surface area is 264 Å². The summed E-state index contributed by atoms with van der Waals surface area (Å²) in [6, 6.07) is 10.2. The number of alkyl halides is 3. The molecule has 0 unspecified atom stereocenters. The average Bonchev–Trinajstić information content (AvgIpc) is 3.45. The highest BCUT2D eigenvalue weighted by Gasteiger charge is 2.37. The predicted molar refractivity (Wildman–Crippen MR) is 160 cm³/mol. The summed E-state index contributed by atoms with van der Waals surface area (Å²) in [5, 5.41) is 7.27. The van der Waals surface area contributed by atoms with Crippen molar-refractivity contribution in [1.82, 2.24) is 25.8 Å². The van der Waals surface area contributed by atoms with Gasteiger partial charge in [-0.05, 0) is 67.7 Å². The van der Waals surface area contributed by atoms with Crippen LogP contribution in [-0.2, 0) is 32.0 Å². The van der Waals surface area contributed by atoms with E-state index in [9.17, 15) is 32.3 Å². The van der Waals surface area contributed by atoms with Crippen molar-refractivity contribution in [3.63, 3.8) is 0 Å². The van der Waals surface area contributed by atoms with Crippen molar-refractivity contribution in [2.45, 2.75) is 62.8 Å². The van der Waals surface area contributed by atoms with Gasteiger partial charge in [0.15, 0.2) is 0 Å². The van der Waals surface area contributed by atoms with Crippen LogP contribution in [-0.4, -0.2) is 97.2 Å². The summed E-state index contributed by atoms with van der Waals surface area (Å²) in [7, 11) is 0. The van der Waals surface area contributed by atoms with Gasteiger partial charge >= 0.3 is 12.3 Å². The Morgan fingerprint density at radius 1 is 0.891 bits per heavy atom. The van der Waals surface area contributed by atoms with Crippen LogP contribution in [0.1, 0.15) is 36.8 Å². The molecule has 0 saturated carbocycles. The highest BCUT2D eigenvalue weighted by atomic mass is 19.4. The van der Waals surface area contributed by atoms with Crippen LogP contribution in [0.4, 0.5) is 18.0 Å². The highest BCUT2D eigenvalue weighted by molar-refractivity contribution is 5.94. The molecule has 0 aliphatic carbocycles. The molecule has 3 aliphatic heterocycles. The molecule has 2 saturated heterocycles. The molecule has 11 nitrogen and oxygen atoms in total. The molecule has 248 valence electrons. The molecule has 3 aliphatic rings. The number of piperidine rings is 1. The number of cyclic esters (lactones) is 1. The first-order chi connectivity index (χ1) is 22.0. The first-order valence-corrected chi connectivity index (χ1v) is 15.5. The molecule has 4 bridgehead atoms. The van der Waals surface area contributed by atoms with Gasteiger partial charge in [-0.15, -0.1) is 0 Å². The van der Waals surface area contributed by atoms with Crippen LogP contribution in [0.15, 0.2) is 48.5 Å². The highest BCUT2D eigenvalue weighted by Crippen LogP contribution is 2.26. The lowest BCUT2D eigenvalue weighted by Gasteiger charge is -2.31. The van der Waals surface area contributed by atoms with Crippen LogP contribution in [0, 0.1) is 0 Å². The van der Waals surface area contributed by atoms with E-state index in [-0.39, 0.29) is 32.4 Å². The first kappa shape index (κ1) is 33.0. The number of rotatable bonds is 6. The standard InChI is InChI=1S/C32H38F3N5O6/c33-32(34,35)20-36-28(41)26-18-21-6-4-8-23(16-21)46-24-9-5-7-22(17-24)19-27(40-14-15-45-31(40)44)30(43)37-25(29(42)38-26)10-13-39-11-2-1-3-12-39/h4-9,16-17,25-27H,1-3,10-15,18-20H2,(H,36,41)(H,37,43)(H,38,42)/t25-,26-,27-/m0/s1. The minimum atomic E-state index is -4.66. The summed E-state index contributed by atoms with van der Waals surface area (Å²) < 4.78 is 50.2. The van der Waals surface area contributed by atoms with Gasteiger partial charge in [-0.2, -0.15) is 13.2 Å². The fourth-order valence-electron chi connectivity index (χ4n) is 5.92. The number of fused-ring (bicyclic) bond motifs is 4. The first-order valence-electron chi connectivity index (χ1n) is 15.5. The Balaban J connectivity index is 1.49. The Kier molecular flexibility index (Phi) is 10.7. The topological polar surface area (TPSA) is 129 Å². The molecule has 0 spiro atoms. The molecule has 3 heterocycles. The summed E-state index contributed by atoms with van der Waals surface area (Å²) in [5.74, 6) is -1.48. The van der Waals surface area contributed by atoms with Crippen LogP contribution < -0.4 is 20.7 Å². The molecule has 4 amide bonds. The SMILES string of the molecule is O=C(NCC(F)(F)F)[C@@H]1Cc2cccc(c2)Oc2cccc(c2)C[C@H](N2CCOC2=O)C(=O)N[C@@H](CCN2CCCCC2)C(=O)N1. The van der Waals surface area contributed by atoms with Crippen LogP contribution in [0.25, 0.3) is 0 Å². The van der Waals surface area contributed by atoms with Gasteiger partial charge in [0.05, 0.1) is 6.54 Å². The van der Waals surface area contributed by atoms with E-state index in [0.29, 0.717) is 29.2 Å². The number of amides is 4. The average molecular weight is 646 g/mol. The number of hydrogen-bond acceptors (Lipinski definition) is 7. The van der Waals surface area contributed by atoms with Crippen molar-refractivity contribution in [2.24, 2.45) is 0 Å². The molecule has 3 atom stereocenters. The van der Waals surface area contributed by atoms with Crippen LogP contribution in [0.2, 0.25) is 0 Å². The zero-order valence-corrected chi connectivity index (χ0v) is 25.3. The van der Waals surface area contributed by atoms with E-state index < -0.39 is 54.7 Å². The largest absolute Gasteiger partial charge is 0.457 e. The smallest absolute Gasteiger partial charge is 0.410 e. The van der Waals surface area contributed by atoms with Crippen LogP contribution >= 0.6 is 0 Å². The van der Waals surface area contributed by atoms with Gasteiger partial charge in [-0.25, -0.2) is 4.79 Å². The van der Waals surface area contributed by atoms with Gasteiger partial charge in [0.1, 0.15) is 42.8 Å². The van der Waals surface area contributed by atoms with E-state index in [1.165, 1.54) is 4.90 Å². The molecule has 0 radical (unpaired) electrons. The van der Waals surface area contributed by atoms with Crippen molar-refractivity contribution < 1.29 is 41.8 Å². The maximum absolute atomic E-state index is 13.9. The molecule has 3 N–H and O–H groups in total. The van der Waals surface area contributed by atoms with Gasteiger partial charge in [0, 0.05) is 19.4 Å². The molecule has 2 fully saturated rings. The predicted octanol–water partition coefficient (Wildman–Crippen LogP) is 2.92. The number of nitrogens with one attached hydrogen (secondary N) is 3. The van der Waals surface area contributed by atoms with E-state index in [4.69, 9.17) is 9.47 Å². The number of carbonyl (C=O) groups is 4. The number of nitrogens with zero attached hydrogens (tertiary/aromatic N) is 2. The zero-order valence-electron chi connectivity index (χ0n) is 25.3.